The lowest BCUT2D eigenvalue weighted by molar-refractivity contribution is 0.0986. The van der Waals surface area contributed by atoms with Crippen LogP contribution in [0.3, 0.4) is 0 Å². The van der Waals surface area contributed by atoms with E-state index in [4.69, 9.17) is 0 Å². The van der Waals surface area contributed by atoms with Gasteiger partial charge in [-0.25, -0.2) is 0 Å². The summed E-state index contributed by atoms with van der Waals surface area (Å²) < 4.78 is 2.56. The Labute approximate surface area is 109 Å². The highest BCUT2D eigenvalue weighted by Gasteiger charge is 2.32. The third-order valence-electron chi connectivity index (χ3n) is 4.74. The summed E-state index contributed by atoms with van der Waals surface area (Å²) in [6.07, 6.45) is 9.17. The molecule has 1 aromatic rings. The molecule has 2 aliphatic heterocycles. The maximum absolute atomic E-state index is 12.3. The van der Waals surface area contributed by atoms with E-state index < -0.39 is 0 Å². The Hall–Kier alpha value is -1.05. The van der Waals surface area contributed by atoms with E-state index in [1.807, 2.05) is 6.92 Å². The van der Waals surface area contributed by atoms with Crippen LogP contribution in [-0.4, -0.2) is 10.4 Å². The fraction of sp³-hybridized carbons (Fsp3) is 0.688. The fourth-order valence-corrected chi connectivity index (χ4v) is 4.00. The highest BCUT2D eigenvalue weighted by molar-refractivity contribution is 5.99. The molecule has 0 aliphatic carbocycles. The van der Waals surface area contributed by atoms with E-state index in [9.17, 15) is 4.79 Å². The van der Waals surface area contributed by atoms with Crippen molar-refractivity contribution in [1.82, 2.24) is 4.57 Å². The number of carbonyl (C=O) groups excluding carboxylic acids is 1. The summed E-state index contributed by atoms with van der Waals surface area (Å²) in [4.78, 5) is 12.3. The summed E-state index contributed by atoms with van der Waals surface area (Å²) >= 11 is 0. The van der Waals surface area contributed by atoms with Gasteiger partial charge in [0, 0.05) is 29.4 Å². The first kappa shape index (κ1) is 12.0. The van der Waals surface area contributed by atoms with Gasteiger partial charge >= 0.3 is 0 Å². The predicted molar refractivity (Wildman–Crippen MR) is 73.3 cm³/mol. The van der Waals surface area contributed by atoms with Crippen LogP contribution in [0.2, 0.25) is 0 Å². The predicted octanol–water partition coefficient (Wildman–Crippen LogP) is 3.86. The summed E-state index contributed by atoms with van der Waals surface area (Å²) in [5, 5.41) is 0. The van der Waals surface area contributed by atoms with Crippen LogP contribution in [0.5, 0.6) is 0 Å². The van der Waals surface area contributed by atoms with Gasteiger partial charge in [-0.15, -0.1) is 0 Å². The van der Waals surface area contributed by atoms with Crippen LogP contribution >= 0.6 is 0 Å². The number of ketones is 1. The first-order chi connectivity index (χ1) is 8.77. The monoisotopic (exact) mass is 245 g/mol. The van der Waals surface area contributed by atoms with E-state index in [0.717, 1.165) is 18.4 Å². The topological polar surface area (TPSA) is 22.0 Å². The Kier molecular flexibility index (Phi) is 3.04. The second-order valence-electron chi connectivity index (χ2n) is 5.69. The second kappa shape index (κ2) is 4.56. The van der Waals surface area contributed by atoms with Crippen LogP contribution in [-0.2, 0) is 19.3 Å². The molecule has 0 spiro atoms. The Balaban J connectivity index is 2.23. The first-order valence-corrected chi connectivity index (χ1v) is 7.55. The average Bonchev–Trinajstić information content (AvgIpc) is 2.74. The normalized spacial score (nSPS) is 21.8. The number of Topliss-reactive ketones (excluding diaryl/α,β-unsaturated/α-hetero) is 1. The van der Waals surface area contributed by atoms with E-state index >= 15 is 0 Å². The van der Waals surface area contributed by atoms with Crippen molar-refractivity contribution in [3.05, 3.63) is 22.5 Å². The molecule has 0 unspecified atom stereocenters. The number of aromatic nitrogens is 1. The van der Waals surface area contributed by atoms with Gasteiger partial charge in [0.15, 0.2) is 5.78 Å². The van der Waals surface area contributed by atoms with E-state index in [-0.39, 0.29) is 0 Å². The van der Waals surface area contributed by atoms with Gasteiger partial charge < -0.3 is 4.57 Å². The van der Waals surface area contributed by atoms with Gasteiger partial charge in [0.25, 0.3) is 0 Å². The SMILES string of the molecule is CCC(=O)c1c(CC)c2n3c1CCC[C@H]3CCC2. The zero-order valence-corrected chi connectivity index (χ0v) is 11.6. The van der Waals surface area contributed by atoms with Crippen molar-refractivity contribution in [3.8, 4) is 0 Å². The molecule has 0 aromatic carbocycles. The third kappa shape index (κ3) is 1.58. The molecule has 1 aromatic heterocycles. The number of carbonyl (C=O) groups is 1. The molecule has 0 amide bonds. The molecule has 3 heterocycles. The van der Waals surface area contributed by atoms with Gasteiger partial charge in [0.2, 0.25) is 0 Å². The van der Waals surface area contributed by atoms with Gasteiger partial charge in [0.05, 0.1) is 0 Å². The van der Waals surface area contributed by atoms with Crippen LogP contribution in [0.4, 0.5) is 0 Å². The van der Waals surface area contributed by atoms with Crippen LogP contribution in [0, 0.1) is 0 Å². The van der Waals surface area contributed by atoms with Crippen LogP contribution in [0.1, 0.15) is 79.3 Å². The quantitative estimate of drug-likeness (QED) is 0.741. The lowest BCUT2D eigenvalue weighted by atomic mass is 9.94. The number of hydrogen-bond donors (Lipinski definition) is 0. The van der Waals surface area contributed by atoms with Crippen molar-refractivity contribution >= 4 is 5.78 Å². The van der Waals surface area contributed by atoms with Crippen LogP contribution < -0.4 is 0 Å². The smallest absolute Gasteiger partial charge is 0.164 e. The zero-order valence-electron chi connectivity index (χ0n) is 11.6. The summed E-state index contributed by atoms with van der Waals surface area (Å²) in [5.74, 6) is 0.365. The van der Waals surface area contributed by atoms with E-state index in [0.29, 0.717) is 18.2 Å². The fourth-order valence-electron chi connectivity index (χ4n) is 4.00. The minimum Gasteiger partial charge on any atom is -0.345 e. The molecule has 18 heavy (non-hydrogen) atoms. The molecule has 3 rings (SSSR count). The van der Waals surface area contributed by atoms with Crippen molar-refractivity contribution in [2.24, 2.45) is 0 Å². The van der Waals surface area contributed by atoms with Gasteiger partial charge in [0.1, 0.15) is 0 Å². The minimum absolute atomic E-state index is 0.365. The average molecular weight is 245 g/mol. The second-order valence-corrected chi connectivity index (χ2v) is 5.69. The molecule has 0 N–H and O–H groups in total. The Morgan fingerprint density at radius 2 is 1.83 bits per heavy atom. The van der Waals surface area contributed by atoms with E-state index in [1.165, 1.54) is 49.1 Å². The first-order valence-electron chi connectivity index (χ1n) is 7.55. The lowest BCUT2D eigenvalue weighted by Gasteiger charge is -2.32. The summed E-state index contributed by atoms with van der Waals surface area (Å²) in [7, 11) is 0. The zero-order chi connectivity index (χ0) is 12.7. The highest BCUT2D eigenvalue weighted by Crippen LogP contribution is 2.40. The molecule has 0 fully saturated rings. The maximum Gasteiger partial charge on any atom is 0.164 e. The molecule has 0 bridgehead atoms. The van der Waals surface area contributed by atoms with Gasteiger partial charge in [-0.05, 0) is 50.5 Å². The molecule has 1 atom stereocenters. The standard InChI is InChI=1S/C16H23NO/c1-3-12-13-9-5-7-11-8-6-10-14(17(11)13)16(12)15(18)4-2/h11H,3-10H2,1-2H3/t11-/m1/s1. The largest absolute Gasteiger partial charge is 0.345 e. The highest BCUT2D eigenvalue weighted by atomic mass is 16.1. The molecule has 2 nitrogen and oxygen atoms in total. The number of hydrogen-bond acceptors (Lipinski definition) is 1. The van der Waals surface area contributed by atoms with Gasteiger partial charge in [-0.1, -0.05) is 13.8 Å². The molecule has 2 aliphatic rings. The Morgan fingerprint density at radius 3 is 2.44 bits per heavy atom. The van der Waals surface area contributed by atoms with Crippen molar-refractivity contribution in [3.63, 3.8) is 0 Å². The molecular formula is C16H23NO. The minimum atomic E-state index is 0.365. The van der Waals surface area contributed by atoms with Gasteiger partial charge in [-0.2, -0.15) is 0 Å². The van der Waals surface area contributed by atoms with Crippen molar-refractivity contribution in [2.45, 2.75) is 71.3 Å². The van der Waals surface area contributed by atoms with Crippen molar-refractivity contribution < 1.29 is 4.79 Å². The Morgan fingerprint density at radius 1 is 1.17 bits per heavy atom. The van der Waals surface area contributed by atoms with E-state index in [2.05, 4.69) is 11.5 Å². The van der Waals surface area contributed by atoms with Gasteiger partial charge in [-0.3, -0.25) is 4.79 Å². The molecule has 0 saturated heterocycles. The molecule has 0 saturated carbocycles. The van der Waals surface area contributed by atoms with Crippen LogP contribution in [0.15, 0.2) is 0 Å². The molecule has 0 radical (unpaired) electrons. The third-order valence-corrected chi connectivity index (χ3v) is 4.74. The maximum atomic E-state index is 12.3. The summed E-state index contributed by atoms with van der Waals surface area (Å²) in [6, 6.07) is 0.696. The lowest BCUT2D eigenvalue weighted by Crippen LogP contribution is -2.24. The molecule has 98 valence electrons. The van der Waals surface area contributed by atoms with E-state index in [1.54, 1.807) is 0 Å². The number of nitrogens with zero attached hydrogens (tertiary/aromatic N) is 1. The number of rotatable bonds is 3. The summed E-state index contributed by atoms with van der Waals surface area (Å²) in [6.45, 7) is 4.19. The molecule has 2 heteroatoms. The van der Waals surface area contributed by atoms with Crippen molar-refractivity contribution in [2.75, 3.05) is 0 Å². The van der Waals surface area contributed by atoms with Crippen LogP contribution in [0.25, 0.3) is 0 Å². The Bertz CT molecular complexity index is 482. The van der Waals surface area contributed by atoms with Crippen molar-refractivity contribution in [1.29, 1.82) is 0 Å². The summed E-state index contributed by atoms with van der Waals surface area (Å²) in [5.41, 5.74) is 5.37. The molecular weight excluding hydrogens is 222 g/mol.